The second-order valence-corrected chi connectivity index (χ2v) is 7.86. The van der Waals surface area contributed by atoms with Gasteiger partial charge in [0.25, 0.3) is 11.8 Å². The van der Waals surface area contributed by atoms with Crippen LogP contribution in [-0.2, 0) is 11.3 Å². The predicted molar refractivity (Wildman–Crippen MR) is 118 cm³/mol. The molecule has 0 bridgehead atoms. The number of nitrogens with zero attached hydrogens (tertiary/aromatic N) is 2. The molecule has 3 rings (SSSR count). The third kappa shape index (κ3) is 4.84. The molecule has 1 heterocycles. The largest absolute Gasteiger partial charge is 0.379 e. The van der Waals surface area contributed by atoms with Crippen LogP contribution in [0.15, 0.2) is 48.5 Å². The summed E-state index contributed by atoms with van der Waals surface area (Å²) in [7, 11) is 7.52. The number of carbonyl (C=O) groups is 2. The third-order valence-corrected chi connectivity index (χ3v) is 4.72. The van der Waals surface area contributed by atoms with E-state index in [2.05, 4.69) is 27.7 Å². The first kappa shape index (κ1) is 20.6. The lowest BCUT2D eigenvalue weighted by Crippen LogP contribution is -2.21. The van der Waals surface area contributed by atoms with Gasteiger partial charge in [-0.1, -0.05) is 12.1 Å². The van der Waals surface area contributed by atoms with Gasteiger partial charge in [0, 0.05) is 54.8 Å². The minimum Gasteiger partial charge on any atom is -0.379 e. The molecule has 0 aromatic heterocycles. The molecule has 1 atom stereocenters. The number of anilines is 2. The molecule has 0 spiro atoms. The molecule has 6 nitrogen and oxygen atoms in total. The van der Waals surface area contributed by atoms with E-state index < -0.39 is 0 Å². The summed E-state index contributed by atoms with van der Waals surface area (Å²) < 4.78 is 0. The summed E-state index contributed by atoms with van der Waals surface area (Å²) in [5.41, 5.74) is 4.88. The highest BCUT2D eigenvalue weighted by Gasteiger charge is 2.26. The van der Waals surface area contributed by atoms with E-state index in [0.29, 0.717) is 11.1 Å². The van der Waals surface area contributed by atoms with Gasteiger partial charge in [-0.2, -0.15) is 0 Å². The molecule has 0 saturated carbocycles. The molecular weight excluding hydrogens is 364 g/mol. The molecule has 1 unspecified atom stereocenters. The van der Waals surface area contributed by atoms with Crippen LogP contribution in [0, 0.1) is 0 Å². The van der Waals surface area contributed by atoms with Gasteiger partial charge in [-0.3, -0.25) is 9.59 Å². The number of benzene rings is 2. The Labute approximate surface area is 172 Å². The van der Waals surface area contributed by atoms with Gasteiger partial charge in [0.1, 0.15) is 0 Å². The molecule has 6 heteroatoms. The van der Waals surface area contributed by atoms with Gasteiger partial charge in [-0.25, -0.2) is 0 Å². The lowest BCUT2D eigenvalue weighted by Gasteiger charge is -2.14. The highest BCUT2D eigenvalue weighted by atomic mass is 16.2. The maximum Gasteiger partial charge on any atom is 0.256 e. The van der Waals surface area contributed by atoms with Crippen LogP contribution in [0.25, 0.3) is 5.57 Å². The first-order chi connectivity index (χ1) is 13.7. The van der Waals surface area contributed by atoms with E-state index in [4.69, 9.17) is 0 Å². The molecule has 0 fully saturated rings. The Morgan fingerprint density at radius 3 is 2.41 bits per heavy atom. The van der Waals surface area contributed by atoms with Crippen LogP contribution in [0.5, 0.6) is 0 Å². The molecule has 2 aromatic carbocycles. The Balaban J connectivity index is 1.79. The summed E-state index contributed by atoms with van der Waals surface area (Å²) in [5, 5.41) is 6.28. The lowest BCUT2D eigenvalue weighted by molar-refractivity contribution is -0.110. The normalized spacial score (nSPS) is 15.2. The minimum absolute atomic E-state index is 0.0606. The molecule has 29 heavy (non-hydrogen) atoms. The quantitative estimate of drug-likeness (QED) is 0.741. The van der Waals surface area contributed by atoms with E-state index in [1.807, 2.05) is 39.2 Å². The van der Waals surface area contributed by atoms with Crippen LogP contribution in [0.2, 0.25) is 0 Å². The fraction of sp³-hybridized carbons (Fsp3) is 0.304. The molecule has 152 valence electrons. The molecule has 0 radical (unpaired) electrons. The first-order valence-electron chi connectivity index (χ1n) is 9.64. The van der Waals surface area contributed by atoms with Crippen LogP contribution >= 0.6 is 0 Å². The number of hydrogen-bond acceptors (Lipinski definition) is 4. The molecule has 0 aliphatic carbocycles. The van der Waals surface area contributed by atoms with E-state index in [-0.39, 0.29) is 17.9 Å². The highest BCUT2D eigenvalue weighted by molar-refractivity contribution is 6.31. The smallest absolute Gasteiger partial charge is 0.256 e. The number of nitrogens with one attached hydrogen (secondary N) is 2. The maximum absolute atomic E-state index is 12.5. The maximum atomic E-state index is 12.5. The van der Waals surface area contributed by atoms with Crippen molar-refractivity contribution in [2.45, 2.75) is 19.5 Å². The van der Waals surface area contributed by atoms with Gasteiger partial charge in [0.15, 0.2) is 0 Å². The number of rotatable bonds is 6. The third-order valence-electron chi connectivity index (χ3n) is 4.72. The van der Waals surface area contributed by atoms with Crippen LogP contribution < -0.4 is 10.6 Å². The Morgan fingerprint density at radius 1 is 1.10 bits per heavy atom. The zero-order chi connectivity index (χ0) is 21.1. The van der Waals surface area contributed by atoms with Crippen LogP contribution in [0.4, 0.5) is 11.4 Å². The topological polar surface area (TPSA) is 64.7 Å². The molecule has 0 saturated heterocycles. The highest BCUT2D eigenvalue weighted by Crippen LogP contribution is 2.33. The van der Waals surface area contributed by atoms with Crippen molar-refractivity contribution in [2.24, 2.45) is 0 Å². The SMILES string of the molecule is CC(C=C1C(=O)Nc2ccc(C(=O)N(C)C)cc21)Nc1ccc(CN(C)C)cc1. The number of carbonyl (C=O) groups excluding carboxylic acids is 2. The van der Waals surface area contributed by atoms with Gasteiger partial charge in [-0.05, 0) is 63.0 Å². The first-order valence-corrected chi connectivity index (χ1v) is 9.64. The second kappa shape index (κ2) is 8.49. The van der Waals surface area contributed by atoms with Gasteiger partial charge in [0.05, 0.1) is 0 Å². The van der Waals surface area contributed by atoms with Crippen molar-refractivity contribution < 1.29 is 9.59 Å². The lowest BCUT2D eigenvalue weighted by atomic mass is 10.0. The fourth-order valence-electron chi connectivity index (χ4n) is 3.37. The second-order valence-electron chi connectivity index (χ2n) is 7.86. The Hall–Kier alpha value is -3.12. The van der Waals surface area contributed by atoms with E-state index in [0.717, 1.165) is 23.5 Å². The number of amides is 2. The molecule has 1 aliphatic heterocycles. The molecule has 2 aromatic rings. The van der Waals surface area contributed by atoms with Crippen molar-refractivity contribution in [2.75, 3.05) is 38.8 Å². The predicted octanol–water partition coefficient (Wildman–Crippen LogP) is 3.29. The summed E-state index contributed by atoms with van der Waals surface area (Å²) in [6.07, 6.45) is 1.90. The number of hydrogen-bond donors (Lipinski definition) is 2. The van der Waals surface area contributed by atoms with E-state index in [9.17, 15) is 9.59 Å². The number of fused-ring (bicyclic) bond motifs is 1. The zero-order valence-electron chi connectivity index (χ0n) is 17.6. The average molecular weight is 393 g/mol. The zero-order valence-corrected chi connectivity index (χ0v) is 17.6. The van der Waals surface area contributed by atoms with Crippen molar-refractivity contribution in [1.29, 1.82) is 0 Å². The average Bonchev–Trinajstić information content (AvgIpc) is 2.97. The van der Waals surface area contributed by atoms with Crippen molar-refractivity contribution in [1.82, 2.24) is 9.80 Å². The van der Waals surface area contributed by atoms with Gasteiger partial charge < -0.3 is 20.4 Å². The molecule has 1 aliphatic rings. The monoisotopic (exact) mass is 392 g/mol. The summed E-state index contributed by atoms with van der Waals surface area (Å²) in [6.45, 7) is 2.89. The Bertz CT molecular complexity index is 946. The van der Waals surface area contributed by atoms with Crippen molar-refractivity contribution in [3.8, 4) is 0 Å². The van der Waals surface area contributed by atoms with Crippen molar-refractivity contribution in [3.05, 3.63) is 65.2 Å². The molecular formula is C23H28N4O2. The molecule has 2 amide bonds. The Morgan fingerprint density at radius 2 is 1.79 bits per heavy atom. The summed E-state index contributed by atoms with van der Waals surface area (Å²) in [5.74, 6) is -0.236. The van der Waals surface area contributed by atoms with Gasteiger partial charge in [0.2, 0.25) is 0 Å². The molecule has 2 N–H and O–H groups in total. The standard InChI is InChI=1S/C23H28N4O2/c1-15(24-18-9-6-16(7-10-18)14-26(2)3)12-20-19-13-17(23(29)27(4)5)8-11-21(19)25-22(20)28/h6-13,15,24H,14H2,1-5H3,(H,25,28). The van der Waals surface area contributed by atoms with Crippen LogP contribution in [0.1, 0.15) is 28.4 Å². The van der Waals surface area contributed by atoms with Crippen LogP contribution in [0.3, 0.4) is 0 Å². The van der Waals surface area contributed by atoms with E-state index >= 15 is 0 Å². The summed E-state index contributed by atoms with van der Waals surface area (Å²) >= 11 is 0. The van der Waals surface area contributed by atoms with Crippen LogP contribution in [-0.4, -0.2) is 55.8 Å². The van der Waals surface area contributed by atoms with Gasteiger partial charge in [-0.15, -0.1) is 0 Å². The van der Waals surface area contributed by atoms with Crippen molar-refractivity contribution in [3.63, 3.8) is 0 Å². The van der Waals surface area contributed by atoms with Crippen molar-refractivity contribution >= 4 is 28.8 Å². The summed E-state index contributed by atoms with van der Waals surface area (Å²) in [6, 6.07) is 13.5. The minimum atomic E-state index is -0.149. The fourth-order valence-corrected chi connectivity index (χ4v) is 3.37. The Kier molecular flexibility index (Phi) is 6.03. The van der Waals surface area contributed by atoms with E-state index in [1.54, 1.807) is 32.3 Å². The van der Waals surface area contributed by atoms with E-state index in [1.165, 1.54) is 10.5 Å². The summed E-state index contributed by atoms with van der Waals surface area (Å²) in [4.78, 5) is 28.4. The van der Waals surface area contributed by atoms with Gasteiger partial charge >= 0.3 is 0 Å².